The van der Waals surface area contributed by atoms with Crippen molar-refractivity contribution in [2.75, 3.05) is 5.32 Å². The lowest BCUT2D eigenvalue weighted by Gasteiger charge is -2.11. The van der Waals surface area contributed by atoms with Gasteiger partial charge in [0.05, 0.1) is 17.0 Å². The summed E-state index contributed by atoms with van der Waals surface area (Å²) < 4.78 is 1.54. The van der Waals surface area contributed by atoms with Crippen LogP contribution in [0.3, 0.4) is 0 Å². The number of hydrogen-bond donors (Lipinski definition) is 1. The Labute approximate surface area is 174 Å². The molecule has 2 amide bonds. The first-order valence-electron chi connectivity index (χ1n) is 9.16. The molecule has 1 aliphatic heterocycles. The molecule has 0 aliphatic carbocycles. The van der Waals surface area contributed by atoms with Crippen LogP contribution in [-0.2, 0) is 16.0 Å². The van der Waals surface area contributed by atoms with E-state index in [0.29, 0.717) is 22.8 Å². The van der Waals surface area contributed by atoms with Crippen LogP contribution in [0.15, 0.2) is 40.3 Å². The van der Waals surface area contributed by atoms with Crippen molar-refractivity contribution in [2.45, 2.75) is 40.5 Å². The molecule has 0 fully saturated rings. The Morgan fingerprint density at radius 3 is 2.62 bits per heavy atom. The largest absolute Gasteiger partial charge is 0.326 e. The van der Waals surface area contributed by atoms with Crippen LogP contribution < -0.4 is 5.32 Å². The molecule has 1 aliphatic rings. The molecule has 0 unspecified atom stereocenters. The van der Waals surface area contributed by atoms with Crippen LogP contribution in [0.2, 0.25) is 5.02 Å². The van der Waals surface area contributed by atoms with Gasteiger partial charge >= 0.3 is 0 Å². The number of aryl methyl sites for hydroxylation is 2. The molecule has 8 heteroatoms. The van der Waals surface area contributed by atoms with E-state index < -0.39 is 5.91 Å². The summed E-state index contributed by atoms with van der Waals surface area (Å²) in [6, 6.07) is 5.38. The molecule has 1 aromatic carbocycles. The van der Waals surface area contributed by atoms with E-state index in [1.807, 2.05) is 26.8 Å². The summed E-state index contributed by atoms with van der Waals surface area (Å²) in [5.74, 6) is -0.319. The fourth-order valence-electron chi connectivity index (χ4n) is 3.06. The SMILES string of the molecule is C=C1C(=O)N=C(n2nc(C)c(CCC(=O)Nc3cc(Cl)ccc3C)c2C)N=C1C. The number of halogens is 1. The number of rotatable bonds is 4. The third kappa shape index (κ3) is 4.35. The topological polar surface area (TPSA) is 88.7 Å². The lowest BCUT2D eigenvalue weighted by molar-refractivity contribution is -0.116. The van der Waals surface area contributed by atoms with Crippen LogP contribution in [0.4, 0.5) is 5.69 Å². The number of benzene rings is 1. The minimum absolute atomic E-state index is 0.114. The molecule has 0 bridgehead atoms. The lowest BCUT2D eigenvalue weighted by atomic mass is 10.1. The zero-order valence-electron chi connectivity index (χ0n) is 16.8. The maximum atomic E-state index is 12.4. The molecule has 150 valence electrons. The first-order valence-corrected chi connectivity index (χ1v) is 9.54. The van der Waals surface area contributed by atoms with Gasteiger partial charge in [-0.05, 0) is 57.4 Å². The number of nitrogens with zero attached hydrogens (tertiary/aromatic N) is 4. The summed E-state index contributed by atoms with van der Waals surface area (Å²) in [6.07, 6.45) is 0.781. The fraction of sp³-hybridized carbons (Fsp3) is 0.286. The zero-order chi connectivity index (χ0) is 21.3. The van der Waals surface area contributed by atoms with Crippen molar-refractivity contribution in [3.05, 3.63) is 57.9 Å². The van der Waals surface area contributed by atoms with E-state index in [9.17, 15) is 9.59 Å². The number of amides is 2. The van der Waals surface area contributed by atoms with Crippen molar-refractivity contribution in [1.29, 1.82) is 0 Å². The Bertz CT molecular complexity index is 1090. The van der Waals surface area contributed by atoms with Crippen molar-refractivity contribution in [2.24, 2.45) is 9.98 Å². The van der Waals surface area contributed by atoms with E-state index in [2.05, 4.69) is 27.0 Å². The average Bonchev–Trinajstić information content (AvgIpc) is 2.94. The monoisotopic (exact) mass is 411 g/mol. The highest BCUT2D eigenvalue weighted by Gasteiger charge is 2.22. The summed E-state index contributed by atoms with van der Waals surface area (Å²) in [4.78, 5) is 32.7. The molecule has 1 N–H and O–H groups in total. The quantitative estimate of drug-likeness (QED) is 0.776. The van der Waals surface area contributed by atoms with Crippen LogP contribution in [0.5, 0.6) is 0 Å². The predicted molar refractivity (Wildman–Crippen MR) is 115 cm³/mol. The first-order chi connectivity index (χ1) is 13.7. The van der Waals surface area contributed by atoms with Crippen molar-refractivity contribution in [1.82, 2.24) is 9.78 Å². The van der Waals surface area contributed by atoms with Gasteiger partial charge in [-0.1, -0.05) is 24.2 Å². The van der Waals surface area contributed by atoms with Gasteiger partial charge < -0.3 is 5.32 Å². The second-order valence-corrected chi connectivity index (χ2v) is 7.40. The fourth-order valence-corrected chi connectivity index (χ4v) is 3.23. The second kappa shape index (κ2) is 8.13. The maximum absolute atomic E-state index is 12.4. The third-order valence-corrected chi connectivity index (χ3v) is 5.11. The van der Waals surface area contributed by atoms with E-state index >= 15 is 0 Å². The molecule has 0 saturated heterocycles. The second-order valence-electron chi connectivity index (χ2n) is 6.96. The van der Waals surface area contributed by atoms with Crippen molar-refractivity contribution in [3.63, 3.8) is 0 Å². The van der Waals surface area contributed by atoms with E-state index in [-0.39, 0.29) is 23.9 Å². The molecule has 29 heavy (non-hydrogen) atoms. The molecule has 1 aromatic heterocycles. The highest BCUT2D eigenvalue weighted by Crippen LogP contribution is 2.21. The summed E-state index contributed by atoms with van der Waals surface area (Å²) in [7, 11) is 0. The molecule has 0 spiro atoms. The van der Waals surface area contributed by atoms with E-state index in [1.54, 1.807) is 19.1 Å². The summed E-state index contributed by atoms with van der Waals surface area (Å²) in [5.41, 5.74) is 4.93. The average molecular weight is 412 g/mol. The van der Waals surface area contributed by atoms with Crippen molar-refractivity contribution >= 4 is 40.8 Å². The van der Waals surface area contributed by atoms with E-state index in [0.717, 1.165) is 22.5 Å². The van der Waals surface area contributed by atoms with Gasteiger partial charge in [-0.15, -0.1) is 0 Å². The van der Waals surface area contributed by atoms with Gasteiger partial charge in [0.25, 0.3) is 11.9 Å². The highest BCUT2D eigenvalue weighted by atomic mass is 35.5. The van der Waals surface area contributed by atoms with Crippen LogP contribution in [0.1, 0.15) is 35.9 Å². The standard InChI is InChI=1S/C21H22ClN5O2/c1-11-6-7-16(22)10-18(11)24-19(28)9-8-17-14(4)26-27(15(17)5)21-23-13(3)12(2)20(29)25-21/h6-7,10H,2,8-9H2,1,3-5H3,(H,24,28). The number of hydrogen-bond acceptors (Lipinski definition) is 4. The molecular formula is C21H22ClN5O2. The van der Waals surface area contributed by atoms with Crippen molar-refractivity contribution < 1.29 is 9.59 Å². The Hall–Kier alpha value is -3.06. The number of carbonyl (C=O) groups excluding carboxylic acids is 2. The van der Waals surface area contributed by atoms with E-state index in [1.165, 1.54) is 4.68 Å². The van der Waals surface area contributed by atoms with Gasteiger partial charge in [-0.2, -0.15) is 10.1 Å². The summed E-state index contributed by atoms with van der Waals surface area (Å²) in [5, 5.41) is 7.93. The predicted octanol–water partition coefficient (Wildman–Crippen LogP) is 3.79. The highest BCUT2D eigenvalue weighted by molar-refractivity contribution is 6.31. The van der Waals surface area contributed by atoms with Crippen LogP contribution in [0.25, 0.3) is 0 Å². The maximum Gasteiger partial charge on any atom is 0.281 e. The zero-order valence-corrected chi connectivity index (χ0v) is 17.6. The summed E-state index contributed by atoms with van der Waals surface area (Å²) >= 11 is 6.01. The molecule has 0 saturated carbocycles. The Kier molecular flexibility index (Phi) is 5.79. The Morgan fingerprint density at radius 2 is 1.93 bits per heavy atom. The number of aromatic nitrogens is 2. The Balaban J connectivity index is 1.75. The molecule has 0 atom stereocenters. The van der Waals surface area contributed by atoms with Gasteiger partial charge in [-0.3, -0.25) is 9.59 Å². The van der Waals surface area contributed by atoms with Crippen LogP contribution in [-0.4, -0.2) is 33.3 Å². The van der Waals surface area contributed by atoms with Gasteiger partial charge in [0.1, 0.15) is 0 Å². The third-order valence-electron chi connectivity index (χ3n) is 4.87. The molecule has 7 nitrogen and oxygen atoms in total. The lowest BCUT2D eigenvalue weighted by Crippen LogP contribution is -2.23. The summed E-state index contributed by atoms with van der Waals surface area (Å²) in [6.45, 7) is 11.0. The number of nitrogens with one attached hydrogen (secondary N) is 1. The normalized spacial score (nSPS) is 14.0. The minimum Gasteiger partial charge on any atom is -0.326 e. The number of carbonyl (C=O) groups is 2. The molecule has 2 heterocycles. The molecule has 2 aromatic rings. The van der Waals surface area contributed by atoms with Gasteiger partial charge in [-0.25, -0.2) is 9.67 Å². The number of aliphatic imine (C=N–C) groups is 2. The smallest absolute Gasteiger partial charge is 0.281 e. The van der Waals surface area contributed by atoms with Gasteiger partial charge in [0, 0.05) is 22.8 Å². The van der Waals surface area contributed by atoms with Crippen LogP contribution >= 0.6 is 11.6 Å². The number of anilines is 1. The van der Waals surface area contributed by atoms with E-state index in [4.69, 9.17) is 11.6 Å². The molecular weight excluding hydrogens is 390 g/mol. The van der Waals surface area contributed by atoms with Crippen LogP contribution in [0, 0.1) is 20.8 Å². The van der Waals surface area contributed by atoms with Gasteiger partial charge in [0.15, 0.2) is 0 Å². The van der Waals surface area contributed by atoms with Gasteiger partial charge in [0.2, 0.25) is 5.91 Å². The minimum atomic E-state index is -0.419. The van der Waals surface area contributed by atoms with Crippen molar-refractivity contribution in [3.8, 4) is 0 Å². The molecule has 3 rings (SSSR count). The Morgan fingerprint density at radius 1 is 1.21 bits per heavy atom. The first kappa shape index (κ1) is 20.7. The molecule has 0 radical (unpaired) electrons.